The maximum atomic E-state index is 5.48. The van der Waals surface area contributed by atoms with Gasteiger partial charge in [0.15, 0.2) is 11.8 Å². The van der Waals surface area contributed by atoms with Crippen molar-refractivity contribution in [2.24, 2.45) is 4.99 Å². The van der Waals surface area contributed by atoms with E-state index in [0.29, 0.717) is 13.1 Å². The van der Waals surface area contributed by atoms with Crippen molar-refractivity contribution in [3.8, 4) is 17.1 Å². The number of aromatic nitrogens is 3. The lowest BCUT2D eigenvalue weighted by atomic mass is 10.1. The highest BCUT2D eigenvalue weighted by Crippen LogP contribution is 2.19. The molecular weight excluding hydrogens is 479 g/mol. The van der Waals surface area contributed by atoms with Crippen LogP contribution >= 0.6 is 24.0 Å². The number of H-pyrrole nitrogens is 1. The van der Waals surface area contributed by atoms with Crippen LogP contribution in [0, 0.1) is 6.92 Å². The highest BCUT2D eigenvalue weighted by Gasteiger charge is 2.06. The molecule has 29 heavy (non-hydrogen) atoms. The topological polar surface area (TPSA) is 87.2 Å². The molecule has 0 saturated heterocycles. The summed E-state index contributed by atoms with van der Waals surface area (Å²) in [5, 5.41) is 13.4. The molecule has 8 heteroatoms. The van der Waals surface area contributed by atoms with Gasteiger partial charge in [0.25, 0.3) is 0 Å². The zero-order valence-corrected chi connectivity index (χ0v) is 19.2. The number of rotatable bonds is 7. The van der Waals surface area contributed by atoms with Crippen molar-refractivity contribution in [3.63, 3.8) is 0 Å². The molecule has 0 radical (unpaired) electrons. The number of aryl methyl sites for hydroxylation is 1. The Bertz CT molecular complexity index is 927. The first kappa shape index (κ1) is 22.7. The van der Waals surface area contributed by atoms with E-state index >= 15 is 0 Å². The zero-order valence-electron chi connectivity index (χ0n) is 16.9. The molecule has 0 atom stereocenters. The third-order valence-corrected chi connectivity index (χ3v) is 4.27. The molecule has 0 bridgehead atoms. The number of aliphatic imine (C=N–C) groups is 1. The Balaban J connectivity index is 0.00000300. The van der Waals surface area contributed by atoms with Crippen molar-refractivity contribution in [3.05, 3.63) is 65.5 Å². The molecule has 0 fully saturated rings. The van der Waals surface area contributed by atoms with Gasteiger partial charge in [-0.2, -0.15) is 5.10 Å². The predicted octanol–water partition coefficient (Wildman–Crippen LogP) is 3.66. The fourth-order valence-corrected chi connectivity index (χ4v) is 2.85. The molecular formula is C21H27IN6O. The number of methoxy groups -OCH3 is 1. The fraction of sp³-hybridized carbons (Fsp3) is 0.286. The summed E-state index contributed by atoms with van der Waals surface area (Å²) >= 11 is 0. The van der Waals surface area contributed by atoms with Crippen molar-refractivity contribution in [2.75, 3.05) is 13.7 Å². The highest BCUT2D eigenvalue weighted by atomic mass is 127. The molecule has 154 valence electrons. The van der Waals surface area contributed by atoms with Crippen molar-refractivity contribution >= 4 is 29.9 Å². The van der Waals surface area contributed by atoms with Gasteiger partial charge in [-0.1, -0.05) is 30.3 Å². The lowest BCUT2D eigenvalue weighted by Gasteiger charge is -2.14. The van der Waals surface area contributed by atoms with Crippen LogP contribution in [0.4, 0.5) is 0 Å². The number of halogens is 1. The Hall–Kier alpha value is -2.62. The number of nitrogens with one attached hydrogen (secondary N) is 3. The van der Waals surface area contributed by atoms with Crippen LogP contribution in [0.5, 0.6) is 5.75 Å². The molecule has 0 aliphatic carbocycles. The van der Waals surface area contributed by atoms with Gasteiger partial charge in [0, 0.05) is 24.2 Å². The molecule has 7 nitrogen and oxygen atoms in total. The van der Waals surface area contributed by atoms with Gasteiger partial charge in [-0.3, -0.25) is 5.10 Å². The smallest absolute Gasteiger partial charge is 0.191 e. The molecule has 3 N–H and O–H groups in total. The second-order valence-electron chi connectivity index (χ2n) is 6.40. The van der Waals surface area contributed by atoms with E-state index in [-0.39, 0.29) is 24.0 Å². The predicted molar refractivity (Wildman–Crippen MR) is 127 cm³/mol. The largest absolute Gasteiger partial charge is 0.496 e. The number of benzene rings is 2. The second-order valence-corrected chi connectivity index (χ2v) is 6.40. The summed E-state index contributed by atoms with van der Waals surface area (Å²) < 4.78 is 5.48. The van der Waals surface area contributed by atoms with Gasteiger partial charge in [0.05, 0.1) is 13.7 Å². The van der Waals surface area contributed by atoms with E-state index in [9.17, 15) is 0 Å². The van der Waals surface area contributed by atoms with E-state index in [1.807, 2.05) is 25.1 Å². The van der Waals surface area contributed by atoms with E-state index < -0.39 is 0 Å². The number of hydrogen-bond donors (Lipinski definition) is 3. The molecule has 0 amide bonds. The third kappa shape index (κ3) is 6.45. The van der Waals surface area contributed by atoms with Crippen LogP contribution in [0.1, 0.15) is 23.6 Å². The SMILES string of the molecule is CCNC(=NCc1cccc(-c2ncn[nH]2)c1)NCc1ccc(C)cc1OC.I. The van der Waals surface area contributed by atoms with Gasteiger partial charge in [0.2, 0.25) is 0 Å². The van der Waals surface area contributed by atoms with Gasteiger partial charge in [-0.15, -0.1) is 24.0 Å². The van der Waals surface area contributed by atoms with Crippen LogP contribution in [0.25, 0.3) is 11.4 Å². The summed E-state index contributed by atoms with van der Waals surface area (Å²) in [7, 11) is 1.69. The Labute approximate surface area is 188 Å². The normalized spacial score (nSPS) is 10.9. The molecule has 0 aliphatic heterocycles. The first-order chi connectivity index (χ1) is 13.7. The summed E-state index contributed by atoms with van der Waals surface area (Å²) in [5.41, 5.74) is 4.35. The third-order valence-electron chi connectivity index (χ3n) is 4.27. The number of guanidine groups is 1. The fourth-order valence-electron chi connectivity index (χ4n) is 2.85. The van der Waals surface area contributed by atoms with Gasteiger partial charge in [-0.25, -0.2) is 9.98 Å². The maximum absolute atomic E-state index is 5.48. The summed E-state index contributed by atoms with van der Waals surface area (Å²) in [5.74, 6) is 2.39. The van der Waals surface area contributed by atoms with Gasteiger partial charge >= 0.3 is 0 Å². The van der Waals surface area contributed by atoms with E-state index in [0.717, 1.165) is 40.8 Å². The standard InChI is InChI=1S/C21H26N6O.HI/c1-4-22-21(24-13-18-9-8-15(2)10-19(18)28-3)23-12-16-6-5-7-17(11-16)20-25-14-26-27-20;/h5-11,14H,4,12-13H2,1-3H3,(H2,22,23,24)(H,25,26,27);1H. The second kappa shape index (κ2) is 11.4. The Morgan fingerprint density at radius 1 is 1.17 bits per heavy atom. The Kier molecular flexibility index (Phi) is 8.91. The number of nitrogens with zero attached hydrogens (tertiary/aromatic N) is 3. The van der Waals surface area contributed by atoms with Crippen molar-refractivity contribution in [1.82, 2.24) is 25.8 Å². The first-order valence-electron chi connectivity index (χ1n) is 9.30. The summed E-state index contributed by atoms with van der Waals surface area (Å²) in [6.45, 7) is 6.08. The Morgan fingerprint density at radius 3 is 2.76 bits per heavy atom. The molecule has 3 rings (SSSR count). The molecule has 1 aromatic heterocycles. The highest BCUT2D eigenvalue weighted by molar-refractivity contribution is 14.0. The first-order valence-corrected chi connectivity index (χ1v) is 9.30. The number of ether oxygens (including phenoxy) is 1. The van der Waals surface area contributed by atoms with Crippen LogP contribution in [-0.2, 0) is 13.1 Å². The van der Waals surface area contributed by atoms with E-state index in [4.69, 9.17) is 9.73 Å². The molecule has 0 spiro atoms. The van der Waals surface area contributed by atoms with Gasteiger partial charge in [0.1, 0.15) is 12.1 Å². The van der Waals surface area contributed by atoms with Crippen LogP contribution < -0.4 is 15.4 Å². The minimum Gasteiger partial charge on any atom is -0.496 e. The van der Waals surface area contributed by atoms with Crippen molar-refractivity contribution in [2.45, 2.75) is 26.9 Å². The zero-order chi connectivity index (χ0) is 19.8. The van der Waals surface area contributed by atoms with E-state index in [1.165, 1.54) is 11.9 Å². The lowest BCUT2D eigenvalue weighted by molar-refractivity contribution is 0.408. The van der Waals surface area contributed by atoms with Crippen LogP contribution in [0.2, 0.25) is 0 Å². The van der Waals surface area contributed by atoms with Crippen LogP contribution in [-0.4, -0.2) is 34.8 Å². The minimum absolute atomic E-state index is 0. The molecule has 0 unspecified atom stereocenters. The van der Waals surface area contributed by atoms with Crippen molar-refractivity contribution < 1.29 is 4.74 Å². The lowest BCUT2D eigenvalue weighted by Crippen LogP contribution is -2.36. The molecule has 0 aliphatic rings. The maximum Gasteiger partial charge on any atom is 0.191 e. The molecule has 3 aromatic rings. The summed E-state index contributed by atoms with van der Waals surface area (Å²) in [4.78, 5) is 8.90. The molecule has 1 heterocycles. The summed E-state index contributed by atoms with van der Waals surface area (Å²) in [6, 6.07) is 14.3. The number of hydrogen-bond acceptors (Lipinski definition) is 4. The van der Waals surface area contributed by atoms with Crippen LogP contribution in [0.15, 0.2) is 53.8 Å². The minimum atomic E-state index is 0. The van der Waals surface area contributed by atoms with E-state index in [1.54, 1.807) is 7.11 Å². The molecule has 0 saturated carbocycles. The average molecular weight is 506 g/mol. The molecule has 2 aromatic carbocycles. The van der Waals surface area contributed by atoms with E-state index in [2.05, 4.69) is 57.0 Å². The summed E-state index contributed by atoms with van der Waals surface area (Å²) in [6.07, 6.45) is 1.51. The Morgan fingerprint density at radius 2 is 2.03 bits per heavy atom. The van der Waals surface area contributed by atoms with Crippen LogP contribution in [0.3, 0.4) is 0 Å². The van der Waals surface area contributed by atoms with Gasteiger partial charge < -0.3 is 15.4 Å². The van der Waals surface area contributed by atoms with Crippen molar-refractivity contribution in [1.29, 1.82) is 0 Å². The average Bonchev–Trinajstić information content (AvgIpc) is 3.26. The van der Waals surface area contributed by atoms with Gasteiger partial charge in [-0.05, 0) is 37.1 Å². The number of aromatic amines is 1. The monoisotopic (exact) mass is 506 g/mol. The quantitative estimate of drug-likeness (QED) is 0.259.